The summed E-state index contributed by atoms with van der Waals surface area (Å²) >= 11 is 0. The monoisotopic (exact) mass is 735 g/mol. The molecular formula is C34H53N15O4. The second-order valence-corrected chi connectivity index (χ2v) is 12.2. The maximum Gasteiger partial charge on any atom is 0.243 e. The molecule has 0 aliphatic heterocycles. The van der Waals surface area contributed by atoms with Gasteiger partial charge < -0.3 is 60.2 Å². The second kappa shape index (κ2) is 23.1. The molecule has 2 rings (SSSR count). The number of nitrogens with one attached hydrogen (secondary N) is 11. The first-order valence-electron chi connectivity index (χ1n) is 17.1. The van der Waals surface area contributed by atoms with Gasteiger partial charge in [-0.1, -0.05) is 54.6 Å². The van der Waals surface area contributed by atoms with Gasteiger partial charge in [0.15, 0.2) is 17.9 Å². The fourth-order valence-electron chi connectivity index (χ4n) is 5.08. The van der Waals surface area contributed by atoms with E-state index in [1.165, 1.54) is 0 Å². The number of amidine groups is 1. The van der Waals surface area contributed by atoms with E-state index >= 15 is 0 Å². The number of nitrogen functional groups attached to an aromatic ring is 1. The minimum atomic E-state index is -1.15. The van der Waals surface area contributed by atoms with Gasteiger partial charge in [-0.15, -0.1) is 0 Å². The van der Waals surface area contributed by atoms with Gasteiger partial charge in [-0.05, 0) is 49.7 Å². The lowest BCUT2D eigenvalue weighted by Gasteiger charge is -2.26. The Hall–Kier alpha value is -6.40. The third kappa shape index (κ3) is 17.9. The molecule has 2 unspecified atom stereocenters. The summed E-state index contributed by atoms with van der Waals surface area (Å²) in [4.78, 5) is 54.0. The van der Waals surface area contributed by atoms with Gasteiger partial charge in [0.2, 0.25) is 23.6 Å². The van der Waals surface area contributed by atoms with Crippen molar-refractivity contribution < 1.29 is 19.2 Å². The normalized spacial score (nSPS) is 12.2. The molecule has 288 valence electrons. The van der Waals surface area contributed by atoms with Gasteiger partial charge in [-0.2, -0.15) is 0 Å². The Labute approximate surface area is 308 Å². The number of hydrogen-bond donors (Lipinski definition) is 15. The largest absolute Gasteiger partial charge is 0.384 e. The first-order valence-corrected chi connectivity index (χ1v) is 17.1. The zero-order valence-electron chi connectivity index (χ0n) is 29.6. The summed E-state index contributed by atoms with van der Waals surface area (Å²) in [5.74, 6) is -3.02. The third-order valence-electron chi connectivity index (χ3n) is 7.81. The average Bonchev–Trinajstić information content (AvgIpc) is 3.11. The van der Waals surface area contributed by atoms with Crippen LogP contribution in [-0.4, -0.2) is 85.1 Å². The second-order valence-electron chi connectivity index (χ2n) is 12.2. The predicted octanol–water partition coefficient (Wildman–Crippen LogP) is -1.93. The van der Waals surface area contributed by atoms with E-state index < -0.39 is 41.8 Å². The van der Waals surface area contributed by atoms with Crippen molar-refractivity contribution in [1.29, 1.82) is 21.6 Å². The number of benzene rings is 2. The molecule has 0 spiro atoms. The summed E-state index contributed by atoms with van der Waals surface area (Å²) in [6.45, 7) is 0.881. The molecule has 0 aliphatic carbocycles. The predicted molar refractivity (Wildman–Crippen MR) is 203 cm³/mol. The summed E-state index contributed by atoms with van der Waals surface area (Å²) in [7, 11) is 0. The van der Waals surface area contributed by atoms with E-state index in [4.69, 9.17) is 44.6 Å². The molecule has 2 aromatic carbocycles. The molecule has 0 saturated carbocycles. The summed E-state index contributed by atoms with van der Waals surface area (Å²) in [5, 5.41) is 48.8. The molecule has 53 heavy (non-hydrogen) atoms. The van der Waals surface area contributed by atoms with E-state index in [-0.39, 0.29) is 75.6 Å². The molecule has 19 N–H and O–H groups in total. The van der Waals surface area contributed by atoms with Crippen LogP contribution >= 0.6 is 0 Å². The van der Waals surface area contributed by atoms with Gasteiger partial charge in [-0.25, -0.2) is 0 Å². The van der Waals surface area contributed by atoms with Crippen molar-refractivity contribution in [3.05, 3.63) is 71.3 Å². The van der Waals surface area contributed by atoms with Crippen molar-refractivity contribution in [1.82, 2.24) is 37.2 Å². The molecule has 4 amide bonds. The number of amides is 4. The van der Waals surface area contributed by atoms with E-state index in [0.717, 1.165) is 11.1 Å². The van der Waals surface area contributed by atoms with E-state index in [0.29, 0.717) is 24.8 Å². The fourth-order valence-corrected chi connectivity index (χ4v) is 5.08. The van der Waals surface area contributed by atoms with Crippen molar-refractivity contribution >= 4 is 47.3 Å². The van der Waals surface area contributed by atoms with E-state index in [9.17, 15) is 19.2 Å². The maximum atomic E-state index is 13.8. The lowest BCUT2D eigenvalue weighted by Crippen LogP contribution is -2.57. The highest BCUT2D eigenvalue weighted by Crippen LogP contribution is 2.08. The number of carbonyl (C=O) groups is 4. The smallest absolute Gasteiger partial charge is 0.243 e. The van der Waals surface area contributed by atoms with Crippen molar-refractivity contribution in [3.8, 4) is 0 Å². The van der Waals surface area contributed by atoms with Gasteiger partial charge in [-0.3, -0.25) is 40.8 Å². The van der Waals surface area contributed by atoms with Gasteiger partial charge in [0, 0.05) is 31.7 Å². The molecule has 0 fully saturated rings. The van der Waals surface area contributed by atoms with Gasteiger partial charge >= 0.3 is 0 Å². The Morgan fingerprint density at radius 2 is 0.962 bits per heavy atom. The number of nitrogens with two attached hydrogens (primary N) is 4. The van der Waals surface area contributed by atoms with Crippen LogP contribution in [-0.2, 0) is 32.1 Å². The fraction of sp³-hybridized carbons (Fsp3) is 0.412. The van der Waals surface area contributed by atoms with Crippen LogP contribution in [0.15, 0.2) is 54.6 Å². The summed E-state index contributed by atoms with van der Waals surface area (Å²) in [6, 6.07) is 12.5. The molecule has 0 saturated heterocycles. The first kappa shape index (κ1) is 42.8. The molecular weight excluding hydrogens is 682 g/mol. The molecule has 19 nitrogen and oxygen atoms in total. The van der Waals surface area contributed by atoms with Crippen molar-refractivity contribution in [2.45, 2.75) is 69.6 Å². The average molecular weight is 736 g/mol. The van der Waals surface area contributed by atoms with Crippen LogP contribution in [0, 0.1) is 21.6 Å². The number of carbonyl (C=O) groups excluding carboxylic acids is 4. The zero-order valence-corrected chi connectivity index (χ0v) is 29.6. The molecule has 0 bridgehead atoms. The molecule has 0 aromatic heterocycles. The minimum Gasteiger partial charge on any atom is -0.384 e. The topological polar surface area (TPSA) is 352 Å². The number of hydrogen-bond acceptors (Lipinski definition) is 8. The quantitative estimate of drug-likeness (QED) is 0.0339. The molecule has 0 heterocycles. The highest BCUT2D eigenvalue weighted by molar-refractivity contribution is 5.95. The van der Waals surface area contributed by atoms with Gasteiger partial charge in [0.1, 0.15) is 24.0 Å². The van der Waals surface area contributed by atoms with E-state index in [1.807, 2.05) is 6.07 Å². The highest BCUT2D eigenvalue weighted by Gasteiger charge is 2.29. The summed E-state index contributed by atoms with van der Waals surface area (Å²) in [5.41, 5.74) is 23.7. The van der Waals surface area contributed by atoms with Crippen molar-refractivity contribution in [2.24, 2.45) is 22.9 Å². The van der Waals surface area contributed by atoms with Crippen LogP contribution in [0.4, 0.5) is 0 Å². The SMILES string of the molecule is N=C(N)NCCCC(NC(=O)Cc1ccccc1)C(=O)N[C@@H](CCCNC(=N)N)C(=O)NC(CCCNC(=N)N)C(=O)NCc1ccc(C(=N)N)cc1. The lowest BCUT2D eigenvalue weighted by atomic mass is 10.0. The molecule has 0 aliphatic rings. The standard InChI is InChI=1S/C34H53N15O4/c35-28(36)23-14-12-22(13-15-23)20-46-29(51)24(9-4-16-43-32(37)38)48-31(53)26(11-6-18-45-34(41)42)49-30(52)25(10-5-17-44-33(39)40)47-27(50)19-21-7-2-1-3-8-21/h1-3,7-8,12-15,24-26H,4-6,9-11,16-20H2,(H3,35,36)(H,46,51)(H,47,50)(H,48,53)(H,49,52)(H4,37,38,43)(H4,39,40,44)(H4,41,42,45)/t24?,25?,26-/m0/s1. The Morgan fingerprint density at radius 1 is 0.528 bits per heavy atom. The molecule has 2 aromatic rings. The maximum absolute atomic E-state index is 13.8. The van der Waals surface area contributed by atoms with E-state index in [1.54, 1.807) is 48.5 Å². The summed E-state index contributed by atoms with van der Waals surface area (Å²) < 4.78 is 0. The summed E-state index contributed by atoms with van der Waals surface area (Å²) in [6.07, 6.45) is 1.46. The molecule has 3 atom stereocenters. The van der Waals surface area contributed by atoms with Crippen LogP contribution in [0.3, 0.4) is 0 Å². The third-order valence-corrected chi connectivity index (χ3v) is 7.81. The Kier molecular flexibility index (Phi) is 18.7. The Bertz CT molecular complexity index is 1550. The van der Waals surface area contributed by atoms with Crippen LogP contribution in [0.25, 0.3) is 0 Å². The molecule has 19 heteroatoms. The van der Waals surface area contributed by atoms with Crippen LogP contribution < -0.4 is 60.2 Å². The first-order chi connectivity index (χ1) is 25.2. The van der Waals surface area contributed by atoms with Crippen LogP contribution in [0.5, 0.6) is 0 Å². The number of guanidine groups is 3. The number of rotatable bonds is 23. The minimum absolute atomic E-state index is 0.0209. The Morgan fingerprint density at radius 3 is 1.40 bits per heavy atom. The van der Waals surface area contributed by atoms with Gasteiger partial charge in [0.25, 0.3) is 0 Å². The highest BCUT2D eigenvalue weighted by atomic mass is 16.2. The van der Waals surface area contributed by atoms with Gasteiger partial charge in [0.05, 0.1) is 6.42 Å². The zero-order chi connectivity index (χ0) is 39.2. The van der Waals surface area contributed by atoms with E-state index in [2.05, 4.69) is 37.2 Å². The lowest BCUT2D eigenvalue weighted by molar-refractivity contribution is -0.134. The Balaban J connectivity index is 2.24. The van der Waals surface area contributed by atoms with Crippen molar-refractivity contribution in [3.63, 3.8) is 0 Å². The van der Waals surface area contributed by atoms with Crippen molar-refractivity contribution in [2.75, 3.05) is 19.6 Å². The van der Waals surface area contributed by atoms with Crippen LogP contribution in [0.2, 0.25) is 0 Å². The molecule has 0 radical (unpaired) electrons. The van der Waals surface area contributed by atoms with Crippen LogP contribution in [0.1, 0.15) is 55.2 Å².